The topological polar surface area (TPSA) is 158 Å². The van der Waals surface area contributed by atoms with Gasteiger partial charge in [-0.1, -0.05) is 18.2 Å². The number of anilines is 2. The average molecular weight is 481 g/mol. The van der Waals surface area contributed by atoms with E-state index >= 15 is 0 Å². The molecule has 1 aliphatic heterocycles. The monoisotopic (exact) mass is 481 g/mol. The normalized spacial score (nSPS) is 16.9. The van der Waals surface area contributed by atoms with Gasteiger partial charge in [0, 0.05) is 5.56 Å². The minimum Gasteiger partial charge on any atom is -0.480 e. The number of rotatable bonds is 6. The number of halogens is 2. The number of pyridine rings is 1. The van der Waals surface area contributed by atoms with E-state index in [0.717, 1.165) is 6.20 Å². The van der Waals surface area contributed by atoms with Crippen LogP contribution in [0, 0.1) is 11.6 Å². The Bertz CT molecular complexity index is 1520. The summed E-state index contributed by atoms with van der Waals surface area (Å²) in [6.07, 6.45) is 1.01. The molecule has 0 spiro atoms. The molecule has 0 radical (unpaired) electrons. The molecule has 1 unspecified atom stereocenters. The van der Waals surface area contributed by atoms with Gasteiger partial charge in [-0.25, -0.2) is 33.2 Å². The fraction of sp³-hybridized carbons (Fsp3) is 0.182. The molecule has 0 fully saturated rings. The van der Waals surface area contributed by atoms with Crippen molar-refractivity contribution in [3.8, 4) is 11.5 Å². The summed E-state index contributed by atoms with van der Waals surface area (Å²) in [5, 5.41) is 16.1. The van der Waals surface area contributed by atoms with Crippen LogP contribution < -0.4 is 11.1 Å². The third-order valence-electron chi connectivity index (χ3n) is 5.61. The molecule has 0 saturated carbocycles. The van der Waals surface area contributed by atoms with Gasteiger partial charge in [-0.05, 0) is 19.1 Å². The molecular weight excluding hydrogens is 464 g/mol. The number of nitrogens with two attached hydrogens (primary N) is 1. The average Bonchev–Trinajstić information content (AvgIpc) is 3.28. The van der Waals surface area contributed by atoms with Crippen molar-refractivity contribution in [1.82, 2.24) is 24.7 Å². The Morgan fingerprint density at radius 3 is 2.80 bits per heavy atom. The van der Waals surface area contributed by atoms with Gasteiger partial charge in [0.2, 0.25) is 0 Å². The first-order chi connectivity index (χ1) is 16.7. The first kappa shape index (κ1) is 22.3. The fourth-order valence-electron chi connectivity index (χ4n) is 3.93. The van der Waals surface area contributed by atoms with Crippen molar-refractivity contribution in [2.24, 2.45) is 0 Å². The van der Waals surface area contributed by atoms with Crippen LogP contribution in [0.2, 0.25) is 0 Å². The standard InChI is InChI=1S/C22H17F2N7O4/c1-22(35-9-14(32)33)15-17(25)27-19(28-18(15)29-21(22)34)16-12-6-11(23)7-26-20(12)31(30-16)8-10-4-2-3-5-13(10)24/h2-7H,8-9H2,1H3,(H,32,33)(H3,25,27,28,29,34). The second-order valence-corrected chi connectivity index (χ2v) is 7.95. The Morgan fingerprint density at radius 2 is 2.06 bits per heavy atom. The summed E-state index contributed by atoms with van der Waals surface area (Å²) in [5.41, 5.74) is 5.18. The lowest BCUT2D eigenvalue weighted by Crippen LogP contribution is -2.36. The van der Waals surface area contributed by atoms with Crippen LogP contribution in [0.25, 0.3) is 22.6 Å². The largest absolute Gasteiger partial charge is 0.480 e. The molecule has 178 valence electrons. The van der Waals surface area contributed by atoms with Crippen molar-refractivity contribution in [3.05, 3.63) is 59.3 Å². The van der Waals surface area contributed by atoms with Gasteiger partial charge >= 0.3 is 5.97 Å². The number of amides is 1. The quantitative estimate of drug-likeness (QED) is 0.375. The van der Waals surface area contributed by atoms with Crippen LogP contribution in [-0.4, -0.2) is 48.3 Å². The Balaban J connectivity index is 1.63. The lowest BCUT2D eigenvalue weighted by molar-refractivity contribution is -0.154. The van der Waals surface area contributed by atoms with E-state index in [1.807, 2.05) is 0 Å². The van der Waals surface area contributed by atoms with Crippen LogP contribution in [0.3, 0.4) is 0 Å². The number of benzene rings is 1. The number of carboxylic acids is 1. The second kappa shape index (κ2) is 8.06. The third-order valence-corrected chi connectivity index (χ3v) is 5.61. The van der Waals surface area contributed by atoms with E-state index in [1.165, 1.54) is 23.7 Å². The molecule has 0 aliphatic carbocycles. The Morgan fingerprint density at radius 1 is 1.29 bits per heavy atom. The van der Waals surface area contributed by atoms with Gasteiger partial charge in [0.1, 0.15) is 35.6 Å². The molecule has 1 amide bonds. The lowest BCUT2D eigenvalue weighted by atomic mass is 9.99. The molecule has 35 heavy (non-hydrogen) atoms. The van der Waals surface area contributed by atoms with E-state index in [4.69, 9.17) is 15.6 Å². The van der Waals surface area contributed by atoms with E-state index in [2.05, 4.69) is 25.4 Å². The van der Waals surface area contributed by atoms with Gasteiger partial charge in [-0.2, -0.15) is 5.10 Å². The highest BCUT2D eigenvalue weighted by Crippen LogP contribution is 2.42. The number of fused-ring (bicyclic) bond motifs is 2. The molecule has 4 aromatic rings. The molecule has 1 aromatic carbocycles. The molecule has 4 N–H and O–H groups in total. The molecule has 5 rings (SSSR count). The van der Waals surface area contributed by atoms with E-state index in [-0.39, 0.29) is 46.3 Å². The van der Waals surface area contributed by atoms with Gasteiger partial charge in [-0.15, -0.1) is 0 Å². The van der Waals surface area contributed by atoms with Gasteiger partial charge in [0.15, 0.2) is 17.1 Å². The SMILES string of the molecule is CC1(OCC(=O)O)C(=O)Nc2nc(-c3nn(Cc4ccccc4F)c4ncc(F)cc34)nc(N)c21. The maximum atomic E-state index is 14.2. The van der Waals surface area contributed by atoms with Crippen LogP contribution in [0.15, 0.2) is 36.5 Å². The molecule has 11 nitrogen and oxygen atoms in total. The van der Waals surface area contributed by atoms with Crippen molar-refractivity contribution in [3.63, 3.8) is 0 Å². The summed E-state index contributed by atoms with van der Waals surface area (Å²) >= 11 is 0. The highest BCUT2D eigenvalue weighted by molar-refractivity contribution is 6.06. The number of nitrogen functional groups attached to an aromatic ring is 1. The molecule has 4 heterocycles. The summed E-state index contributed by atoms with van der Waals surface area (Å²) in [6, 6.07) is 7.32. The predicted molar refractivity (Wildman–Crippen MR) is 118 cm³/mol. The van der Waals surface area contributed by atoms with Crippen LogP contribution in [0.5, 0.6) is 0 Å². The van der Waals surface area contributed by atoms with Gasteiger partial charge < -0.3 is 20.9 Å². The van der Waals surface area contributed by atoms with Crippen LogP contribution in [-0.2, 0) is 26.5 Å². The number of carboxylic acid groups (broad SMARTS) is 1. The summed E-state index contributed by atoms with van der Waals surface area (Å²) < 4.78 is 35.0. The van der Waals surface area contributed by atoms with Crippen LogP contribution in [0.4, 0.5) is 20.4 Å². The zero-order valence-electron chi connectivity index (χ0n) is 18.1. The summed E-state index contributed by atoms with van der Waals surface area (Å²) in [6.45, 7) is 0.606. The van der Waals surface area contributed by atoms with E-state index in [1.54, 1.807) is 18.2 Å². The Hall–Kier alpha value is -4.52. The fourth-order valence-corrected chi connectivity index (χ4v) is 3.93. The van der Waals surface area contributed by atoms with Crippen molar-refractivity contribution in [2.45, 2.75) is 19.1 Å². The summed E-state index contributed by atoms with van der Waals surface area (Å²) in [4.78, 5) is 36.2. The number of hydrogen-bond acceptors (Lipinski definition) is 8. The minimum atomic E-state index is -1.73. The number of nitrogens with one attached hydrogen (secondary N) is 1. The van der Waals surface area contributed by atoms with Crippen molar-refractivity contribution in [2.75, 3.05) is 17.7 Å². The van der Waals surface area contributed by atoms with Crippen LogP contribution in [0.1, 0.15) is 18.1 Å². The van der Waals surface area contributed by atoms with Gasteiger partial charge in [-0.3, -0.25) is 4.79 Å². The third kappa shape index (κ3) is 3.71. The number of ether oxygens (including phenoxy) is 1. The number of hydrogen-bond donors (Lipinski definition) is 3. The van der Waals surface area contributed by atoms with Gasteiger partial charge in [0.05, 0.1) is 23.7 Å². The van der Waals surface area contributed by atoms with E-state index in [0.29, 0.717) is 5.56 Å². The second-order valence-electron chi connectivity index (χ2n) is 7.95. The maximum absolute atomic E-state index is 14.2. The molecule has 0 bridgehead atoms. The first-order valence-electron chi connectivity index (χ1n) is 10.3. The summed E-state index contributed by atoms with van der Waals surface area (Å²) in [7, 11) is 0. The molecule has 3 aromatic heterocycles. The predicted octanol–water partition coefficient (Wildman–Crippen LogP) is 2.07. The Labute approximate surface area is 195 Å². The van der Waals surface area contributed by atoms with Crippen molar-refractivity contribution >= 4 is 34.5 Å². The van der Waals surface area contributed by atoms with Crippen LogP contribution >= 0.6 is 0 Å². The number of carbonyl (C=O) groups is 2. The number of nitrogens with zero attached hydrogens (tertiary/aromatic N) is 5. The number of aromatic nitrogens is 5. The van der Waals surface area contributed by atoms with Crippen molar-refractivity contribution in [1.29, 1.82) is 0 Å². The molecule has 0 saturated heterocycles. The number of aliphatic carboxylic acids is 1. The minimum absolute atomic E-state index is 0.0000635. The molecule has 1 atom stereocenters. The highest BCUT2D eigenvalue weighted by Gasteiger charge is 2.48. The van der Waals surface area contributed by atoms with E-state index in [9.17, 15) is 18.4 Å². The maximum Gasteiger partial charge on any atom is 0.329 e. The van der Waals surface area contributed by atoms with E-state index < -0.39 is 35.7 Å². The summed E-state index contributed by atoms with van der Waals surface area (Å²) in [5.74, 6) is -3.22. The lowest BCUT2D eigenvalue weighted by Gasteiger charge is -2.22. The van der Waals surface area contributed by atoms with Crippen molar-refractivity contribution < 1.29 is 28.2 Å². The zero-order chi connectivity index (χ0) is 24.9. The molecule has 1 aliphatic rings. The zero-order valence-corrected chi connectivity index (χ0v) is 18.1. The smallest absolute Gasteiger partial charge is 0.329 e. The van der Waals surface area contributed by atoms with Gasteiger partial charge in [0.25, 0.3) is 5.91 Å². The highest BCUT2D eigenvalue weighted by atomic mass is 19.1. The molecule has 13 heteroatoms. The molecular formula is C22H17F2N7O4. The Kier molecular flexibility index (Phi) is 5.13. The number of carbonyl (C=O) groups excluding carboxylic acids is 1. The first-order valence-corrected chi connectivity index (χ1v) is 10.3.